The molecule has 14 rings (SSSR count). The van der Waals surface area contributed by atoms with Gasteiger partial charge in [-0.15, -0.1) is 0 Å². The summed E-state index contributed by atoms with van der Waals surface area (Å²) in [5.74, 6) is 0. The van der Waals surface area contributed by atoms with Crippen LogP contribution in [0.5, 0.6) is 0 Å². The van der Waals surface area contributed by atoms with E-state index in [0.29, 0.717) is 0 Å². The standard InChI is InChI=1S/C62H48O4P2/c1-37-35-43-19-7-13-25-49(43)59(61(37)67-63-51-31-27-39-15-3-9-21-45(39)55(51)56-46-22-10-4-16-40(46)28-32-52(56)64-67)60-50-26-14-8-20-44(50)36-38(2)62(60)68-65-53-33-29-41-17-5-11-23-47(41)57(53)58-48-24-12-6-18-42(48)30-34-54(58)66-68/h3-6,9-12,15-18,21-24,27-36H,7-8,13-14,19-20,25-26H2,1-2H3. The molecule has 2 aliphatic carbocycles. The molecule has 0 atom stereocenters. The van der Waals surface area contributed by atoms with Crippen LogP contribution >= 0.6 is 16.0 Å². The van der Waals surface area contributed by atoms with Gasteiger partial charge >= 0.3 is 0 Å². The zero-order valence-corrected chi connectivity index (χ0v) is 40.0. The molecule has 0 spiro atoms. The molecule has 12 aromatic rings. The molecule has 0 aliphatic heterocycles. The summed E-state index contributed by atoms with van der Waals surface area (Å²) in [6.45, 7) is 4.59. The summed E-state index contributed by atoms with van der Waals surface area (Å²) in [5.41, 5.74) is 14.1. The Labute approximate surface area is 395 Å². The van der Waals surface area contributed by atoms with Crippen molar-refractivity contribution in [1.29, 1.82) is 0 Å². The highest BCUT2D eigenvalue weighted by atomic mass is 31.1. The predicted molar refractivity (Wildman–Crippen MR) is 287 cm³/mol. The minimum Gasteiger partial charge on any atom is -0.416 e. The van der Waals surface area contributed by atoms with Crippen molar-refractivity contribution in [3.05, 3.63) is 191 Å². The van der Waals surface area contributed by atoms with Gasteiger partial charge in [0, 0.05) is 32.7 Å². The van der Waals surface area contributed by atoms with E-state index in [-0.39, 0.29) is 0 Å². The molecule has 0 amide bonds. The van der Waals surface area contributed by atoms with Crippen LogP contribution in [0.4, 0.5) is 0 Å². The molecule has 0 saturated carbocycles. The number of aryl methyl sites for hydroxylation is 4. The summed E-state index contributed by atoms with van der Waals surface area (Å²) in [6, 6.07) is 57.2. The molecule has 6 heteroatoms. The quantitative estimate of drug-likeness (QED) is 0.177. The van der Waals surface area contributed by atoms with E-state index in [1.54, 1.807) is 0 Å². The number of fused-ring (bicyclic) bond motifs is 16. The second-order valence-electron chi connectivity index (χ2n) is 19.0. The lowest BCUT2D eigenvalue weighted by Gasteiger charge is -2.29. The average Bonchev–Trinajstić information content (AvgIpc) is 3.66. The molecule has 0 N–H and O–H groups in total. The molecule has 0 fully saturated rings. The van der Waals surface area contributed by atoms with Gasteiger partial charge in [-0.05, 0) is 166 Å². The van der Waals surface area contributed by atoms with Gasteiger partial charge in [-0.1, -0.05) is 133 Å². The molecule has 4 nitrogen and oxygen atoms in total. The third kappa shape index (κ3) is 6.20. The SMILES string of the molecule is Cc1cc2c(c(-c3c4c(cc(C)c3-p3oc5ccc6ccccc6c5c5c(ccc6ccccc65)o3)CCCC4)c1-p1oc3ccc4ccccc4c3c3c(ccc4ccccc43)o1)CCCC2. The van der Waals surface area contributed by atoms with Crippen LogP contribution < -0.4 is 0 Å². The second kappa shape index (κ2) is 15.8. The maximum atomic E-state index is 7.56. The summed E-state index contributed by atoms with van der Waals surface area (Å²) >= 11 is 0. The van der Waals surface area contributed by atoms with Gasteiger partial charge in [-0.2, -0.15) is 0 Å². The Balaban J connectivity index is 1.15. The fourth-order valence-corrected chi connectivity index (χ4v) is 15.3. The third-order valence-corrected chi connectivity index (χ3v) is 18.4. The highest BCUT2D eigenvalue weighted by Crippen LogP contribution is 2.59. The van der Waals surface area contributed by atoms with Crippen LogP contribution in [0.2, 0.25) is 0 Å². The molecular weight excluding hydrogens is 871 g/mol. The largest absolute Gasteiger partial charge is 0.416 e. The summed E-state index contributed by atoms with van der Waals surface area (Å²) < 4.78 is 30.2. The Morgan fingerprint density at radius 1 is 0.338 bits per heavy atom. The number of benzene rings is 10. The third-order valence-electron chi connectivity index (χ3n) is 15.0. The Hall–Kier alpha value is -6.96. The molecular formula is C62H48O4P2. The van der Waals surface area contributed by atoms with E-state index < -0.39 is 16.0 Å². The van der Waals surface area contributed by atoms with Gasteiger partial charge in [-0.25, -0.2) is 0 Å². The summed E-state index contributed by atoms with van der Waals surface area (Å²) in [4.78, 5) is 0. The highest BCUT2D eigenvalue weighted by Gasteiger charge is 2.32. The predicted octanol–water partition coefficient (Wildman–Crippen LogP) is 19.5. The van der Waals surface area contributed by atoms with Crippen LogP contribution in [0.15, 0.2) is 175 Å². The summed E-state index contributed by atoms with van der Waals surface area (Å²) in [6.07, 6.45) is 8.74. The van der Waals surface area contributed by atoms with Gasteiger partial charge in [0.2, 0.25) is 0 Å². The Kier molecular flexibility index (Phi) is 9.33. The maximum Gasteiger partial charge on any atom is 0.253 e. The van der Waals surface area contributed by atoms with E-state index in [0.717, 1.165) is 115 Å². The van der Waals surface area contributed by atoms with Crippen LogP contribution in [0.25, 0.3) is 109 Å². The lowest BCUT2D eigenvalue weighted by molar-refractivity contribution is 0.648. The average molecular weight is 919 g/mol. The van der Waals surface area contributed by atoms with E-state index in [1.165, 1.54) is 78.9 Å². The van der Waals surface area contributed by atoms with E-state index in [4.69, 9.17) is 16.8 Å². The van der Waals surface area contributed by atoms with Crippen molar-refractivity contribution in [1.82, 2.24) is 0 Å². The molecule has 2 aliphatic rings. The van der Waals surface area contributed by atoms with Gasteiger partial charge in [0.15, 0.2) is 0 Å². The van der Waals surface area contributed by atoms with Gasteiger partial charge < -0.3 is 16.8 Å². The van der Waals surface area contributed by atoms with Crippen molar-refractivity contribution >= 4 is 103 Å². The van der Waals surface area contributed by atoms with Crippen LogP contribution in [-0.4, -0.2) is 0 Å². The number of rotatable bonds is 3. The monoisotopic (exact) mass is 918 g/mol. The smallest absolute Gasteiger partial charge is 0.253 e. The van der Waals surface area contributed by atoms with Crippen molar-refractivity contribution in [3.63, 3.8) is 0 Å². The van der Waals surface area contributed by atoms with Crippen LogP contribution in [0.3, 0.4) is 0 Å². The first-order valence-corrected chi connectivity index (χ1v) is 26.6. The molecule has 0 bridgehead atoms. The minimum absolute atomic E-state index is 0.854. The first kappa shape index (κ1) is 40.1. The Bertz CT molecular complexity index is 3730. The molecule has 0 unspecified atom stereocenters. The maximum absolute atomic E-state index is 7.56. The van der Waals surface area contributed by atoms with Gasteiger partial charge in [0.1, 0.15) is 22.3 Å². The van der Waals surface area contributed by atoms with Crippen molar-refractivity contribution < 1.29 is 16.8 Å². The zero-order chi connectivity index (χ0) is 45.0. The van der Waals surface area contributed by atoms with Crippen molar-refractivity contribution in [2.75, 3.05) is 0 Å². The van der Waals surface area contributed by atoms with Crippen molar-refractivity contribution in [2.24, 2.45) is 0 Å². The Morgan fingerprint density at radius 2 is 0.632 bits per heavy atom. The molecule has 2 aromatic heterocycles. The van der Waals surface area contributed by atoms with Gasteiger partial charge in [-0.3, -0.25) is 0 Å². The normalized spacial score (nSPS) is 13.9. The Morgan fingerprint density at radius 3 is 0.956 bits per heavy atom. The fourth-order valence-electron chi connectivity index (χ4n) is 12.0. The van der Waals surface area contributed by atoms with E-state index in [1.807, 2.05) is 0 Å². The van der Waals surface area contributed by atoms with Gasteiger partial charge in [0.25, 0.3) is 16.0 Å². The second-order valence-corrected chi connectivity index (χ2v) is 21.7. The molecule has 0 radical (unpaired) electrons. The zero-order valence-electron chi connectivity index (χ0n) is 38.2. The van der Waals surface area contributed by atoms with E-state index in [9.17, 15) is 0 Å². The molecule has 2 heterocycles. The van der Waals surface area contributed by atoms with Crippen molar-refractivity contribution in [3.8, 4) is 21.7 Å². The highest BCUT2D eigenvalue weighted by molar-refractivity contribution is 7.47. The molecule has 0 saturated heterocycles. The lowest BCUT2D eigenvalue weighted by Crippen LogP contribution is -2.11. The minimum atomic E-state index is -1.71. The summed E-state index contributed by atoms with van der Waals surface area (Å²) in [7, 11) is -3.43. The van der Waals surface area contributed by atoms with Crippen LogP contribution in [0.1, 0.15) is 59.1 Å². The lowest BCUT2D eigenvalue weighted by atomic mass is 9.79. The topological polar surface area (TPSA) is 52.6 Å². The molecule has 68 heavy (non-hydrogen) atoms. The first-order chi connectivity index (χ1) is 33.6. The van der Waals surface area contributed by atoms with Crippen molar-refractivity contribution in [2.45, 2.75) is 65.2 Å². The molecule has 330 valence electrons. The van der Waals surface area contributed by atoms with E-state index in [2.05, 4.69) is 172 Å². The van der Waals surface area contributed by atoms with Gasteiger partial charge in [0.05, 0.1) is 10.6 Å². The van der Waals surface area contributed by atoms with E-state index >= 15 is 0 Å². The summed E-state index contributed by atoms with van der Waals surface area (Å²) in [5, 5.41) is 16.0. The molecule has 10 aromatic carbocycles. The number of hydrogen-bond acceptors (Lipinski definition) is 4. The number of hydrogen-bond donors (Lipinski definition) is 0. The first-order valence-electron chi connectivity index (χ1n) is 24.3. The fraction of sp³-hybridized carbons (Fsp3) is 0.161. The van der Waals surface area contributed by atoms with Crippen LogP contribution in [0, 0.1) is 13.8 Å². The van der Waals surface area contributed by atoms with Crippen LogP contribution in [-0.2, 0) is 25.7 Å².